The van der Waals surface area contributed by atoms with Crippen molar-refractivity contribution in [3.05, 3.63) is 0 Å². The monoisotopic (exact) mass is 242 g/mol. The first-order chi connectivity index (χ1) is 8.04. The maximum atomic E-state index is 11.9. The zero-order valence-corrected chi connectivity index (χ0v) is 10.9. The summed E-state index contributed by atoms with van der Waals surface area (Å²) in [5.74, 6) is -0.0836. The average Bonchev–Trinajstić information content (AvgIpc) is 2.82. The molecule has 1 rings (SSSR count). The second-order valence-corrected chi connectivity index (χ2v) is 4.63. The molecule has 1 atom stereocenters. The van der Waals surface area contributed by atoms with Gasteiger partial charge in [0.2, 0.25) is 5.91 Å². The Morgan fingerprint density at radius 1 is 1.35 bits per heavy atom. The number of methoxy groups -OCH3 is 1. The molecule has 1 heterocycles. The average molecular weight is 242 g/mol. The third kappa shape index (κ3) is 4.34. The van der Waals surface area contributed by atoms with Crippen molar-refractivity contribution in [2.24, 2.45) is 0 Å². The standard InChI is InChI=1S/C12H22N2O3/c1-10(8-12(16)17-3)13(2)9-11(15)14-6-4-5-7-14/h10H,4-9H2,1-3H3. The molecule has 0 aromatic heterocycles. The molecular weight excluding hydrogens is 220 g/mol. The maximum Gasteiger partial charge on any atom is 0.307 e. The summed E-state index contributed by atoms with van der Waals surface area (Å²) >= 11 is 0. The molecule has 0 radical (unpaired) electrons. The molecule has 5 heteroatoms. The van der Waals surface area contributed by atoms with Gasteiger partial charge >= 0.3 is 5.97 Å². The molecule has 0 aromatic rings. The minimum Gasteiger partial charge on any atom is -0.469 e. The van der Waals surface area contributed by atoms with E-state index in [1.165, 1.54) is 7.11 Å². The van der Waals surface area contributed by atoms with Gasteiger partial charge in [-0.1, -0.05) is 0 Å². The van der Waals surface area contributed by atoms with Gasteiger partial charge < -0.3 is 9.64 Å². The van der Waals surface area contributed by atoms with E-state index in [9.17, 15) is 9.59 Å². The molecule has 1 fully saturated rings. The van der Waals surface area contributed by atoms with Crippen LogP contribution in [0.5, 0.6) is 0 Å². The Morgan fingerprint density at radius 3 is 2.47 bits per heavy atom. The number of carbonyl (C=O) groups excluding carboxylic acids is 2. The fourth-order valence-electron chi connectivity index (χ4n) is 1.92. The summed E-state index contributed by atoms with van der Waals surface area (Å²) in [7, 11) is 3.24. The Bertz CT molecular complexity index is 275. The van der Waals surface area contributed by atoms with Crippen LogP contribution in [-0.4, -0.2) is 61.5 Å². The quantitative estimate of drug-likeness (QED) is 0.658. The van der Waals surface area contributed by atoms with Crippen molar-refractivity contribution in [1.82, 2.24) is 9.80 Å². The van der Waals surface area contributed by atoms with Crippen molar-refractivity contribution >= 4 is 11.9 Å². The minimum atomic E-state index is -0.238. The second-order valence-electron chi connectivity index (χ2n) is 4.63. The van der Waals surface area contributed by atoms with Crippen molar-refractivity contribution < 1.29 is 14.3 Å². The molecular formula is C12H22N2O3. The molecule has 0 aliphatic carbocycles. The third-order valence-electron chi connectivity index (χ3n) is 3.29. The molecule has 0 spiro atoms. The number of esters is 1. The lowest BCUT2D eigenvalue weighted by molar-refractivity contribution is -0.142. The number of amides is 1. The predicted molar refractivity (Wildman–Crippen MR) is 64.5 cm³/mol. The first kappa shape index (κ1) is 14.0. The summed E-state index contributed by atoms with van der Waals surface area (Å²) in [6.07, 6.45) is 2.53. The lowest BCUT2D eigenvalue weighted by Gasteiger charge is -2.25. The number of likely N-dealkylation sites (N-methyl/N-ethyl adjacent to an activating group) is 1. The van der Waals surface area contributed by atoms with Crippen LogP contribution in [0.3, 0.4) is 0 Å². The predicted octanol–water partition coefficient (Wildman–Crippen LogP) is 0.492. The van der Waals surface area contributed by atoms with Crippen LogP contribution in [0.15, 0.2) is 0 Å². The molecule has 0 N–H and O–H groups in total. The molecule has 1 aliphatic rings. The van der Waals surface area contributed by atoms with Gasteiger partial charge in [-0.3, -0.25) is 14.5 Å². The molecule has 5 nitrogen and oxygen atoms in total. The zero-order chi connectivity index (χ0) is 12.8. The van der Waals surface area contributed by atoms with E-state index < -0.39 is 0 Å². The van der Waals surface area contributed by atoms with Crippen LogP contribution in [0, 0.1) is 0 Å². The van der Waals surface area contributed by atoms with E-state index >= 15 is 0 Å². The van der Waals surface area contributed by atoms with Gasteiger partial charge in [0, 0.05) is 19.1 Å². The zero-order valence-electron chi connectivity index (χ0n) is 10.9. The van der Waals surface area contributed by atoms with Crippen LogP contribution in [0.25, 0.3) is 0 Å². The number of rotatable bonds is 5. The Hall–Kier alpha value is -1.10. The van der Waals surface area contributed by atoms with Gasteiger partial charge in [-0.15, -0.1) is 0 Å². The molecule has 1 saturated heterocycles. The minimum absolute atomic E-state index is 0.0222. The first-order valence-electron chi connectivity index (χ1n) is 6.09. The summed E-state index contributed by atoms with van der Waals surface area (Å²) in [5, 5.41) is 0. The van der Waals surface area contributed by atoms with Gasteiger partial charge in [-0.2, -0.15) is 0 Å². The first-order valence-corrected chi connectivity index (χ1v) is 6.09. The van der Waals surface area contributed by atoms with Crippen LogP contribution < -0.4 is 0 Å². The van der Waals surface area contributed by atoms with Crippen LogP contribution in [0.4, 0.5) is 0 Å². The van der Waals surface area contributed by atoms with Gasteiger partial charge in [0.15, 0.2) is 0 Å². The Balaban J connectivity index is 2.34. The summed E-state index contributed by atoms with van der Waals surface area (Å²) < 4.78 is 4.61. The van der Waals surface area contributed by atoms with Crippen molar-refractivity contribution in [3.8, 4) is 0 Å². The third-order valence-corrected chi connectivity index (χ3v) is 3.29. The summed E-state index contributed by atoms with van der Waals surface area (Å²) in [4.78, 5) is 26.8. The van der Waals surface area contributed by atoms with E-state index in [1.54, 1.807) is 0 Å². The number of carbonyl (C=O) groups is 2. The van der Waals surface area contributed by atoms with E-state index in [4.69, 9.17) is 0 Å². The van der Waals surface area contributed by atoms with Crippen LogP contribution in [0.2, 0.25) is 0 Å². The van der Waals surface area contributed by atoms with Gasteiger partial charge in [-0.25, -0.2) is 0 Å². The summed E-state index contributed by atoms with van der Waals surface area (Å²) in [6.45, 7) is 4.04. The van der Waals surface area contributed by atoms with Crippen molar-refractivity contribution in [2.75, 3.05) is 33.8 Å². The number of likely N-dealkylation sites (tertiary alicyclic amines) is 1. The van der Waals surface area contributed by atoms with Gasteiger partial charge in [0.1, 0.15) is 0 Å². The fraction of sp³-hybridized carbons (Fsp3) is 0.833. The molecule has 98 valence electrons. The normalized spacial score (nSPS) is 17.3. The fourth-order valence-corrected chi connectivity index (χ4v) is 1.92. The Labute approximate surface area is 103 Å². The molecule has 17 heavy (non-hydrogen) atoms. The van der Waals surface area contributed by atoms with Crippen molar-refractivity contribution in [3.63, 3.8) is 0 Å². The van der Waals surface area contributed by atoms with Crippen LogP contribution in [-0.2, 0) is 14.3 Å². The second kappa shape index (κ2) is 6.59. The molecule has 0 bridgehead atoms. The SMILES string of the molecule is COC(=O)CC(C)N(C)CC(=O)N1CCCC1. The molecule has 0 aromatic carbocycles. The van der Waals surface area contributed by atoms with E-state index in [2.05, 4.69) is 4.74 Å². The Kier molecular flexibility index (Phi) is 5.41. The number of hydrogen-bond acceptors (Lipinski definition) is 4. The smallest absolute Gasteiger partial charge is 0.307 e. The van der Waals surface area contributed by atoms with Crippen LogP contribution >= 0.6 is 0 Å². The topological polar surface area (TPSA) is 49.9 Å². The lowest BCUT2D eigenvalue weighted by Crippen LogP contribution is -2.41. The summed E-state index contributed by atoms with van der Waals surface area (Å²) in [5.41, 5.74) is 0. The Morgan fingerprint density at radius 2 is 1.94 bits per heavy atom. The highest BCUT2D eigenvalue weighted by Crippen LogP contribution is 2.09. The lowest BCUT2D eigenvalue weighted by atomic mass is 10.2. The molecule has 1 amide bonds. The summed E-state index contributed by atoms with van der Waals surface area (Å²) in [6, 6.07) is 0.0222. The number of nitrogens with zero attached hydrogens (tertiary/aromatic N) is 2. The van der Waals surface area contributed by atoms with Gasteiger partial charge in [0.25, 0.3) is 0 Å². The van der Waals surface area contributed by atoms with E-state index in [-0.39, 0.29) is 17.9 Å². The van der Waals surface area contributed by atoms with Crippen LogP contribution in [0.1, 0.15) is 26.2 Å². The number of hydrogen-bond donors (Lipinski definition) is 0. The van der Waals surface area contributed by atoms with Crippen molar-refractivity contribution in [2.45, 2.75) is 32.2 Å². The van der Waals surface area contributed by atoms with Crippen molar-refractivity contribution in [1.29, 1.82) is 0 Å². The van der Waals surface area contributed by atoms with E-state index in [0.717, 1.165) is 25.9 Å². The van der Waals surface area contributed by atoms with Gasteiger partial charge in [-0.05, 0) is 26.8 Å². The highest BCUT2D eigenvalue weighted by atomic mass is 16.5. The largest absolute Gasteiger partial charge is 0.469 e. The molecule has 0 saturated carbocycles. The molecule has 1 unspecified atom stereocenters. The van der Waals surface area contributed by atoms with E-state index in [0.29, 0.717) is 13.0 Å². The highest BCUT2D eigenvalue weighted by molar-refractivity contribution is 5.78. The van der Waals surface area contributed by atoms with Gasteiger partial charge in [0.05, 0.1) is 20.1 Å². The highest BCUT2D eigenvalue weighted by Gasteiger charge is 2.22. The van der Waals surface area contributed by atoms with E-state index in [1.807, 2.05) is 23.8 Å². The maximum absolute atomic E-state index is 11.9. The molecule has 1 aliphatic heterocycles. The number of ether oxygens (including phenoxy) is 1.